The molecule has 1 aromatic carbocycles. The summed E-state index contributed by atoms with van der Waals surface area (Å²) in [5, 5.41) is -0.523. The molecule has 0 aliphatic carbocycles. The number of carbonyl (C=O) groups is 1. The van der Waals surface area contributed by atoms with Gasteiger partial charge in [0.05, 0.1) is 18.6 Å². The van der Waals surface area contributed by atoms with E-state index in [1.54, 1.807) is 25.1 Å². The lowest BCUT2D eigenvalue weighted by Gasteiger charge is -2.09. The molecule has 1 aromatic rings. The third kappa shape index (κ3) is 2.30. The third-order valence-electron chi connectivity index (χ3n) is 2.39. The van der Waals surface area contributed by atoms with Crippen molar-refractivity contribution in [3.63, 3.8) is 0 Å². The highest BCUT2D eigenvalue weighted by Gasteiger charge is 2.16. The predicted molar refractivity (Wildman–Crippen MR) is 61.7 cm³/mol. The van der Waals surface area contributed by atoms with E-state index in [2.05, 4.69) is 0 Å². The van der Waals surface area contributed by atoms with E-state index in [0.29, 0.717) is 30.3 Å². The van der Waals surface area contributed by atoms with E-state index >= 15 is 0 Å². The summed E-state index contributed by atoms with van der Waals surface area (Å²) in [6.45, 7) is 2.92. The monoisotopic (exact) mass is 240 g/mol. The van der Waals surface area contributed by atoms with Gasteiger partial charge in [-0.1, -0.05) is 0 Å². The highest BCUT2D eigenvalue weighted by Crippen LogP contribution is 2.30. The summed E-state index contributed by atoms with van der Waals surface area (Å²) in [6, 6.07) is 5.17. The number of fused-ring (bicyclic) bond motifs is 1. The second-order valence-corrected chi connectivity index (χ2v) is 4.35. The quantitative estimate of drug-likeness (QED) is 0.589. The highest BCUT2D eigenvalue weighted by molar-refractivity contribution is 6.33. The zero-order valence-electron chi connectivity index (χ0n) is 9.03. The number of rotatable bonds is 2. The maximum Gasteiger partial charge on any atom is 0.180 e. The summed E-state index contributed by atoms with van der Waals surface area (Å²) >= 11 is 5.76. The summed E-state index contributed by atoms with van der Waals surface area (Å²) in [7, 11) is 0. The first-order valence-corrected chi connectivity index (χ1v) is 5.70. The second-order valence-electron chi connectivity index (χ2n) is 3.69. The Bertz CT molecular complexity index is 401. The standard InChI is InChI=1S/C12H13ClO3/c1-8(13)12(14)9-3-4-10-11(7-9)16-6-2-5-15-10/h3-4,7-8H,2,5-6H2,1H3. The maximum atomic E-state index is 11.7. The molecule has 3 nitrogen and oxygen atoms in total. The molecule has 4 heteroatoms. The normalized spacial score (nSPS) is 16.4. The number of alkyl halides is 1. The van der Waals surface area contributed by atoms with Crippen molar-refractivity contribution >= 4 is 17.4 Å². The Kier molecular flexibility index (Phi) is 3.34. The molecular formula is C12H13ClO3. The summed E-state index contributed by atoms with van der Waals surface area (Å²) in [5.41, 5.74) is 0.562. The van der Waals surface area contributed by atoms with E-state index in [0.717, 1.165) is 6.42 Å². The fraction of sp³-hybridized carbons (Fsp3) is 0.417. The number of carbonyl (C=O) groups excluding carboxylic acids is 1. The first-order valence-electron chi connectivity index (χ1n) is 5.26. The van der Waals surface area contributed by atoms with Crippen LogP contribution in [-0.4, -0.2) is 24.4 Å². The fourth-order valence-electron chi connectivity index (χ4n) is 1.55. The Balaban J connectivity index is 2.30. The molecule has 86 valence electrons. The van der Waals surface area contributed by atoms with Crippen molar-refractivity contribution in [3.8, 4) is 11.5 Å². The van der Waals surface area contributed by atoms with Gasteiger partial charge in [-0.2, -0.15) is 0 Å². The molecule has 0 bridgehead atoms. The minimum atomic E-state index is -0.523. The van der Waals surface area contributed by atoms with Gasteiger partial charge in [-0.15, -0.1) is 11.6 Å². The molecule has 1 heterocycles. The predicted octanol–water partition coefficient (Wildman–Crippen LogP) is 2.66. The molecule has 0 radical (unpaired) electrons. The van der Waals surface area contributed by atoms with Gasteiger partial charge in [0.15, 0.2) is 17.3 Å². The van der Waals surface area contributed by atoms with Crippen LogP contribution in [0.1, 0.15) is 23.7 Å². The van der Waals surface area contributed by atoms with Crippen LogP contribution in [0, 0.1) is 0 Å². The van der Waals surface area contributed by atoms with Gasteiger partial charge < -0.3 is 9.47 Å². The van der Waals surface area contributed by atoms with Gasteiger partial charge in [-0.25, -0.2) is 0 Å². The lowest BCUT2D eigenvalue weighted by molar-refractivity contribution is 0.0991. The van der Waals surface area contributed by atoms with Crippen LogP contribution in [0.3, 0.4) is 0 Å². The maximum absolute atomic E-state index is 11.7. The van der Waals surface area contributed by atoms with E-state index < -0.39 is 5.38 Å². The van der Waals surface area contributed by atoms with Crippen molar-refractivity contribution in [2.24, 2.45) is 0 Å². The smallest absolute Gasteiger partial charge is 0.180 e. The van der Waals surface area contributed by atoms with Crippen LogP contribution in [-0.2, 0) is 0 Å². The zero-order chi connectivity index (χ0) is 11.5. The molecule has 1 atom stereocenters. The average molecular weight is 241 g/mol. The number of Topliss-reactive ketones (excluding diaryl/α,β-unsaturated/α-hetero) is 1. The molecular weight excluding hydrogens is 228 g/mol. The minimum absolute atomic E-state index is 0.0997. The van der Waals surface area contributed by atoms with E-state index in [1.807, 2.05) is 0 Å². The van der Waals surface area contributed by atoms with Gasteiger partial charge >= 0.3 is 0 Å². The molecule has 0 fully saturated rings. The number of ketones is 1. The van der Waals surface area contributed by atoms with E-state index in [-0.39, 0.29) is 5.78 Å². The summed E-state index contributed by atoms with van der Waals surface area (Å²) in [5.74, 6) is 1.22. The number of hydrogen-bond acceptors (Lipinski definition) is 3. The van der Waals surface area contributed by atoms with Crippen LogP contribution in [0.25, 0.3) is 0 Å². The first-order chi connectivity index (χ1) is 7.68. The van der Waals surface area contributed by atoms with Crippen molar-refractivity contribution < 1.29 is 14.3 Å². The van der Waals surface area contributed by atoms with Crippen molar-refractivity contribution in [2.75, 3.05) is 13.2 Å². The van der Waals surface area contributed by atoms with Crippen LogP contribution >= 0.6 is 11.6 Å². The number of ether oxygens (including phenoxy) is 2. The molecule has 0 N–H and O–H groups in total. The molecule has 0 saturated heterocycles. The second kappa shape index (κ2) is 4.74. The van der Waals surface area contributed by atoms with Crippen molar-refractivity contribution in [3.05, 3.63) is 23.8 Å². The number of hydrogen-bond donors (Lipinski definition) is 0. The van der Waals surface area contributed by atoms with Crippen molar-refractivity contribution in [1.29, 1.82) is 0 Å². The van der Waals surface area contributed by atoms with Gasteiger partial charge in [-0.3, -0.25) is 4.79 Å². The molecule has 1 aliphatic rings. The Labute approximate surface area is 99.3 Å². The van der Waals surface area contributed by atoms with Crippen LogP contribution in [0.2, 0.25) is 0 Å². The lowest BCUT2D eigenvalue weighted by atomic mass is 10.1. The molecule has 0 spiro atoms. The number of benzene rings is 1. The lowest BCUT2D eigenvalue weighted by Crippen LogP contribution is -2.10. The van der Waals surface area contributed by atoms with Crippen LogP contribution in [0.15, 0.2) is 18.2 Å². The molecule has 1 unspecified atom stereocenters. The molecule has 0 saturated carbocycles. The molecule has 2 rings (SSSR count). The van der Waals surface area contributed by atoms with E-state index in [9.17, 15) is 4.79 Å². The Morgan fingerprint density at radius 3 is 2.69 bits per heavy atom. The Morgan fingerprint density at radius 2 is 2.00 bits per heavy atom. The Morgan fingerprint density at radius 1 is 1.31 bits per heavy atom. The SMILES string of the molecule is CC(Cl)C(=O)c1ccc2c(c1)OCCCO2. The first kappa shape index (κ1) is 11.3. The van der Waals surface area contributed by atoms with Gasteiger partial charge in [0.2, 0.25) is 0 Å². The third-order valence-corrected chi connectivity index (χ3v) is 2.59. The van der Waals surface area contributed by atoms with Crippen molar-refractivity contribution in [1.82, 2.24) is 0 Å². The number of halogens is 1. The van der Waals surface area contributed by atoms with Crippen LogP contribution < -0.4 is 9.47 Å². The molecule has 0 aromatic heterocycles. The minimum Gasteiger partial charge on any atom is -0.490 e. The average Bonchev–Trinajstić information content (AvgIpc) is 2.51. The van der Waals surface area contributed by atoms with Gasteiger partial charge in [0, 0.05) is 12.0 Å². The molecule has 16 heavy (non-hydrogen) atoms. The van der Waals surface area contributed by atoms with E-state index in [4.69, 9.17) is 21.1 Å². The van der Waals surface area contributed by atoms with Gasteiger partial charge in [-0.05, 0) is 25.1 Å². The zero-order valence-corrected chi connectivity index (χ0v) is 9.79. The fourth-order valence-corrected chi connectivity index (χ4v) is 1.67. The molecule has 1 aliphatic heterocycles. The van der Waals surface area contributed by atoms with Crippen molar-refractivity contribution in [2.45, 2.75) is 18.7 Å². The van der Waals surface area contributed by atoms with Gasteiger partial charge in [0.25, 0.3) is 0 Å². The topological polar surface area (TPSA) is 35.5 Å². The largest absolute Gasteiger partial charge is 0.490 e. The van der Waals surface area contributed by atoms with Crippen LogP contribution in [0.4, 0.5) is 0 Å². The summed E-state index contributed by atoms with van der Waals surface area (Å²) < 4.78 is 11.0. The Hall–Kier alpha value is -1.22. The highest BCUT2D eigenvalue weighted by atomic mass is 35.5. The summed E-state index contributed by atoms with van der Waals surface area (Å²) in [4.78, 5) is 11.7. The summed E-state index contributed by atoms with van der Waals surface area (Å²) in [6.07, 6.45) is 0.851. The van der Waals surface area contributed by atoms with Gasteiger partial charge in [0.1, 0.15) is 0 Å². The van der Waals surface area contributed by atoms with E-state index in [1.165, 1.54) is 0 Å². The molecule has 0 amide bonds. The van der Waals surface area contributed by atoms with Crippen LogP contribution in [0.5, 0.6) is 11.5 Å².